The van der Waals surface area contributed by atoms with Crippen molar-refractivity contribution >= 4 is 33.0 Å². The predicted octanol–water partition coefficient (Wildman–Crippen LogP) is 4.32. The number of nitrogens with two attached hydrogens (primary N) is 1. The van der Waals surface area contributed by atoms with Gasteiger partial charge in [-0.1, -0.05) is 39.5 Å². The predicted molar refractivity (Wildman–Crippen MR) is 116 cm³/mol. The molecular formula is C21H29N3O4S. The number of nitrogens with one attached hydrogen (secondary N) is 2. The molecule has 0 spiro atoms. The van der Waals surface area contributed by atoms with Gasteiger partial charge in [0, 0.05) is 23.9 Å². The van der Waals surface area contributed by atoms with Crippen molar-refractivity contribution in [2.75, 3.05) is 15.8 Å². The van der Waals surface area contributed by atoms with E-state index in [1.54, 1.807) is 0 Å². The Bertz CT molecular complexity index is 927. The van der Waals surface area contributed by atoms with Gasteiger partial charge < -0.3 is 16.2 Å². The van der Waals surface area contributed by atoms with Crippen molar-refractivity contribution in [2.45, 2.75) is 50.8 Å². The zero-order valence-electron chi connectivity index (χ0n) is 16.8. The van der Waals surface area contributed by atoms with E-state index in [1.807, 2.05) is 0 Å². The highest BCUT2D eigenvalue weighted by Crippen LogP contribution is 2.28. The van der Waals surface area contributed by atoms with Gasteiger partial charge in [-0.05, 0) is 42.3 Å². The van der Waals surface area contributed by atoms with Gasteiger partial charge >= 0.3 is 0 Å². The summed E-state index contributed by atoms with van der Waals surface area (Å²) in [6, 6.07) is 10.0. The number of nitrogen functional groups attached to an aromatic ring is 1. The number of carbonyl (C=O) groups is 1. The van der Waals surface area contributed by atoms with Gasteiger partial charge in [0.2, 0.25) is 5.91 Å². The number of sulfonamides is 1. The van der Waals surface area contributed by atoms with Crippen LogP contribution >= 0.6 is 0 Å². The van der Waals surface area contributed by atoms with Crippen LogP contribution in [0.15, 0.2) is 47.4 Å². The molecular weight excluding hydrogens is 390 g/mol. The van der Waals surface area contributed by atoms with Crippen LogP contribution in [0.4, 0.5) is 17.1 Å². The second-order valence-electron chi connectivity index (χ2n) is 7.26. The Morgan fingerprint density at radius 1 is 1.14 bits per heavy atom. The van der Waals surface area contributed by atoms with Crippen molar-refractivity contribution in [2.24, 2.45) is 5.92 Å². The number of hydrogen-bond acceptors (Lipinski definition) is 5. The van der Waals surface area contributed by atoms with Crippen molar-refractivity contribution in [3.63, 3.8) is 0 Å². The van der Waals surface area contributed by atoms with Crippen LogP contribution in [0.1, 0.15) is 46.0 Å². The largest absolute Gasteiger partial charge is 0.506 e. The van der Waals surface area contributed by atoms with Crippen LogP contribution in [-0.2, 0) is 14.8 Å². The third-order valence-electron chi connectivity index (χ3n) is 4.55. The highest BCUT2D eigenvalue weighted by molar-refractivity contribution is 7.92. The fraction of sp³-hybridized carbons (Fsp3) is 0.381. The van der Waals surface area contributed by atoms with Gasteiger partial charge in [-0.2, -0.15) is 0 Å². The Labute approximate surface area is 172 Å². The molecule has 7 nitrogen and oxygen atoms in total. The van der Waals surface area contributed by atoms with Crippen molar-refractivity contribution < 1.29 is 18.3 Å². The highest BCUT2D eigenvalue weighted by Gasteiger charge is 2.16. The molecule has 1 atom stereocenters. The summed E-state index contributed by atoms with van der Waals surface area (Å²) in [6.07, 6.45) is 4.89. The average Bonchev–Trinajstić information content (AvgIpc) is 2.64. The topological polar surface area (TPSA) is 122 Å². The lowest BCUT2D eigenvalue weighted by Gasteiger charge is -2.12. The Morgan fingerprint density at radius 3 is 2.45 bits per heavy atom. The van der Waals surface area contributed by atoms with Gasteiger partial charge in [-0.15, -0.1) is 0 Å². The van der Waals surface area contributed by atoms with E-state index >= 15 is 0 Å². The molecule has 0 aromatic heterocycles. The summed E-state index contributed by atoms with van der Waals surface area (Å²) in [5.41, 5.74) is 6.44. The number of carbonyl (C=O) groups excluding carboxylic acids is 1. The second kappa shape index (κ2) is 10.2. The van der Waals surface area contributed by atoms with Gasteiger partial charge in [0.15, 0.2) is 0 Å². The number of unbranched alkanes of at least 4 members (excludes halogenated alkanes) is 2. The van der Waals surface area contributed by atoms with E-state index in [-0.39, 0.29) is 22.2 Å². The Kier molecular flexibility index (Phi) is 7.90. The number of aromatic hydroxyl groups is 1. The lowest BCUT2D eigenvalue weighted by atomic mass is 9.99. The van der Waals surface area contributed by atoms with E-state index in [9.17, 15) is 18.3 Å². The Hall–Kier alpha value is -2.74. The van der Waals surface area contributed by atoms with Crippen molar-refractivity contribution in [1.29, 1.82) is 0 Å². The highest BCUT2D eigenvalue weighted by atomic mass is 32.2. The minimum Gasteiger partial charge on any atom is -0.506 e. The summed E-state index contributed by atoms with van der Waals surface area (Å²) in [7, 11) is -3.89. The maximum Gasteiger partial charge on any atom is 0.262 e. The average molecular weight is 420 g/mol. The molecule has 0 radical (unpaired) electrons. The molecule has 8 heteroatoms. The van der Waals surface area contributed by atoms with Crippen LogP contribution < -0.4 is 15.8 Å². The first-order chi connectivity index (χ1) is 13.7. The monoisotopic (exact) mass is 419 g/mol. The first kappa shape index (κ1) is 22.5. The summed E-state index contributed by atoms with van der Waals surface area (Å²) < 4.78 is 27.3. The zero-order valence-corrected chi connectivity index (χ0v) is 17.6. The molecule has 0 aliphatic rings. The molecule has 0 aliphatic carbocycles. The van der Waals surface area contributed by atoms with Gasteiger partial charge in [0.1, 0.15) is 5.75 Å². The van der Waals surface area contributed by atoms with Crippen LogP contribution in [0, 0.1) is 5.92 Å². The van der Waals surface area contributed by atoms with Gasteiger partial charge in [-0.3, -0.25) is 9.52 Å². The molecule has 0 heterocycles. The van der Waals surface area contributed by atoms with E-state index < -0.39 is 10.0 Å². The van der Waals surface area contributed by atoms with Crippen LogP contribution in [-0.4, -0.2) is 19.4 Å². The van der Waals surface area contributed by atoms with E-state index in [1.165, 1.54) is 48.9 Å². The molecule has 2 aromatic carbocycles. The summed E-state index contributed by atoms with van der Waals surface area (Å²) in [4.78, 5) is 12.2. The molecule has 0 saturated heterocycles. The number of rotatable bonds is 10. The summed E-state index contributed by atoms with van der Waals surface area (Å²) in [5.74, 6) is -0.0435. The molecule has 5 N–H and O–H groups in total. The third kappa shape index (κ3) is 6.98. The van der Waals surface area contributed by atoms with Gasteiger partial charge in [-0.25, -0.2) is 8.42 Å². The number of phenols is 1. The van der Waals surface area contributed by atoms with E-state index in [0.717, 1.165) is 19.3 Å². The standard InChI is InChI=1S/C21H29N3O4S/c1-3-4-5-6-15(2)13-21(26)23-17-8-10-18(11-9-17)29(27,28)24-19-12-7-16(22)14-20(19)25/h7-12,14-15,24-25H,3-6,13,22H2,1-2H3,(H,23,26). The van der Waals surface area contributed by atoms with Crippen molar-refractivity contribution in [3.8, 4) is 5.75 Å². The minimum atomic E-state index is -3.89. The smallest absolute Gasteiger partial charge is 0.262 e. The molecule has 0 saturated carbocycles. The number of hydrogen-bond donors (Lipinski definition) is 4. The van der Waals surface area contributed by atoms with Crippen LogP contribution in [0.25, 0.3) is 0 Å². The SMILES string of the molecule is CCCCCC(C)CC(=O)Nc1ccc(S(=O)(=O)Nc2ccc(N)cc2O)cc1. The van der Waals surface area contributed by atoms with Crippen molar-refractivity contribution in [1.82, 2.24) is 0 Å². The molecule has 1 unspecified atom stereocenters. The minimum absolute atomic E-state index is 0.0136. The number of anilines is 3. The Morgan fingerprint density at radius 2 is 1.83 bits per heavy atom. The Balaban J connectivity index is 1.97. The van der Waals surface area contributed by atoms with Crippen LogP contribution in [0.3, 0.4) is 0 Å². The first-order valence-electron chi connectivity index (χ1n) is 9.72. The summed E-state index contributed by atoms with van der Waals surface area (Å²) in [6.45, 7) is 4.21. The molecule has 1 amide bonds. The lowest BCUT2D eigenvalue weighted by molar-refractivity contribution is -0.117. The quantitative estimate of drug-likeness (QED) is 0.260. The molecule has 0 bridgehead atoms. The molecule has 2 aromatic rings. The second-order valence-corrected chi connectivity index (χ2v) is 8.94. The number of benzene rings is 2. The van der Waals surface area contributed by atoms with Gasteiger partial charge in [0.05, 0.1) is 10.6 Å². The van der Waals surface area contributed by atoms with Crippen molar-refractivity contribution in [3.05, 3.63) is 42.5 Å². The summed E-state index contributed by atoms with van der Waals surface area (Å²) >= 11 is 0. The van der Waals surface area contributed by atoms with Crippen LogP contribution in [0.2, 0.25) is 0 Å². The zero-order chi connectivity index (χ0) is 21.4. The summed E-state index contributed by atoms with van der Waals surface area (Å²) in [5, 5.41) is 12.6. The molecule has 0 fully saturated rings. The lowest BCUT2D eigenvalue weighted by Crippen LogP contribution is -2.16. The fourth-order valence-electron chi connectivity index (χ4n) is 2.93. The van der Waals surface area contributed by atoms with E-state index in [0.29, 0.717) is 23.7 Å². The molecule has 29 heavy (non-hydrogen) atoms. The maximum atomic E-state index is 12.5. The number of phenolic OH excluding ortho intramolecular Hbond substituents is 1. The van der Waals surface area contributed by atoms with E-state index in [2.05, 4.69) is 23.9 Å². The van der Waals surface area contributed by atoms with Crippen LogP contribution in [0.5, 0.6) is 5.75 Å². The molecule has 2 rings (SSSR count). The van der Waals surface area contributed by atoms with E-state index in [4.69, 9.17) is 5.73 Å². The molecule has 0 aliphatic heterocycles. The number of amides is 1. The van der Waals surface area contributed by atoms with Gasteiger partial charge in [0.25, 0.3) is 10.0 Å². The normalized spacial score (nSPS) is 12.3. The molecule has 158 valence electrons. The third-order valence-corrected chi connectivity index (χ3v) is 5.93. The fourth-order valence-corrected chi connectivity index (χ4v) is 4.00. The first-order valence-corrected chi connectivity index (χ1v) is 11.2. The maximum absolute atomic E-state index is 12.5.